The summed E-state index contributed by atoms with van der Waals surface area (Å²) in [5.74, 6) is -0.887. The normalized spacial score (nSPS) is 26.6. The van der Waals surface area contributed by atoms with Crippen molar-refractivity contribution >= 4 is 29.1 Å². The molecule has 0 bridgehead atoms. The van der Waals surface area contributed by atoms with Crippen LogP contribution in [-0.4, -0.2) is 24.2 Å². The quantitative estimate of drug-likeness (QED) is 0.767. The number of nitrogens with one attached hydrogen (secondary N) is 1. The van der Waals surface area contributed by atoms with Gasteiger partial charge in [0.1, 0.15) is 11.4 Å². The van der Waals surface area contributed by atoms with Crippen LogP contribution < -0.4 is 11.1 Å². The fourth-order valence-corrected chi connectivity index (χ4v) is 3.64. The molecule has 1 aliphatic carbocycles. The minimum atomic E-state index is -1.04. The van der Waals surface area contributed by atoms with E-state index >= 15 is 0 Å². The molecule has 1 aromatic carbocycles. The minimum absolute atomic E-state index is 0.0581. The first-order valence-corrected chi connectivity index (χ1v) is 8.66. The van der Waals surface area contributed by atoms with E-state index < -0.39 is 22.8 Å². The summed E-state index contributed by atoms with van der Waals surface area (Å²) in [6, 6.07) is 2.06. The van der Waals surface area contributed by atoms with Crippen LogP contribution in [0.2, 0.25) is 10.0 Å². The summed E-state index contributed by atoms with van der Waals surface area (Å²) in [4.78, 5) is 12.7. The number of nitrogens with two attached hydrogens (primary N) is 1. The molecule has 0 heterocycles. The maximum atomic E-state index is 13.7. The molecule has 1 fully saturated rings. The molecular formula is C17H23Cl2FN2O2. The molecule has 0 aromatic heterocycles. The van der Waals surface area contributed by atoms with Crippen LogP contribution in [0.15, 0.2) is 12.1 Å². The van der Waals surface area contributed by atoms with Gasteiger partial charge in [0.05, 0.1) is 17.2 Å². The predicted octanol–water partition coefficient (Wildman–Crippen LogP) is 3.84. The Balaban J connectivity index is 2.14. The summed E-state index contributed by atoms with van der Waals surface area (Å²) in [6.07, 6.45) is 0.375. The van der Waals surface area contributed by atoms with Crippen LogP contribution in [0.4, 0.5) is 4.39 Å². The highest BCUT2D eigenvalue weighted by Crippen LogP contribution is 2.50. The third-order valence-corrected chi connectivity index (χ3v) is 5.71. The highest BCUT2D eigenvalue weighted by molar-refractivity contribution is 6.35. The molecule has 1 aromatic rings. The zero-order chi connectivity index (χ0) is 18.3. The molecule has 0 radical (unpaired) electrons. The number of carbonyl (C=O) groups excluding carboxylic acids is 1. The number of amides is 1. The Morgan fingerprint density at radius 3 is 2.62 bits per heavy atom. The van der Waals surface area contributed by atoms with Crippen molar-refractivity contribution in [3.8, 4) is 0 Å². The molecule has 24 heavy (non-hydrogen) atoms. The van der Waals surface area contributed by atoms with E-state index in [-0.39, 0.29) is 17.0 Å². The smallest absolute Gasteiger partial charge is 0.241 e. The van der Waals surface area contributed by atoms with Crippen molar-refractivity contribution in [2.75, 3.05) is 6.61 Å². The van der Waals surface area contributed by atoms with E-state index in [0.717, 1.165) is 0 Å². The van der Waals surface area contributed by atoms with E-state index in [9.17, 15) is 9.18 Å². The van der Waals surface area contributed by atoms with Gasteiger partial charge in [-0.15, -0.1) is 0 Å². The summed E-state index contributed by atoms with van der Waals surface area (Å²) in [6.45, 7) is 8.03. The first-order valence-electron chi connectivity index (χ1n) is 7.90. The molecule has 3 N–H and O–H groups in total. The van der Waals surface area contributed by atoms with Gasteiger partial charge in [-0.05, 0) is 31.5 Å². The van der Waals surface area contributed by atoms with Gasteiger partial charge in [-0.25, -0.2) is 4.39 Å². The van der Waals surface area contributed by atoms with Gasteiger partial charge in [-0.3, -0.25) is 4.79 Å². The van der Waals surface area contributed by atoms with E-state index in [2.05, 4.69) is 5.32 Å². The number of halogens is 3. The molecule has 1 aliphatic rings. The number of ether oxygens (including phenoxy) is 1. The number of rotatable bonds is 5. The second-order valence-corrected chi connectivity index (χ2v) is 7.64. The molecule has 3 atom stereocenters. The van der Waals surface area contributed by atoms with Crippen LogP contribution in [-0.2, 0) is 9.53 Å². The van der Waals surface area contributed by atoms with Crippen LogP contribution in [0.3, 0.4) is 0 Å². The molecule has 2 rings (SSSR count). The summed E-state index contributed by atoms with van der Waals surface area (Å²) < 4.78 is 19.3. The van der Waals surface area contributed by atoms with E-state index in [0.29, 0.717) is 23.6 Å². The van der Waals surface area contributed by atoms with Crippen molar-refractivity contribution in [3.63, 3.8) is 0 Å². The Hall–Kier alpha value is -0.880. The van der Waals surface area contributed by atoms with Crippen molar-refractivity contribution in [3.05, 3.63) is 33.6 Å². The summed E-state index contributed by atoms with van der Waals surface area (Å²) in [7, 11) is 0. The van der Waals surface area contributed by atoms with Gasteiger partial charge < -0.3 is 15.8 Å². The molecule has 0 saturated heterocycles. The molecule has 0 aliphatic heterocycles. The fourth-order valence-electron chi connectivity index (χ4n) is 3.09. The monoisotopic (exact) mass is 376 g/mol. The van der Waals surface area contributed by atoms with Crippen LogP contribution in [0.1, 0.15) is 45.7 Å². The topological polar surface area (TPSA) is 64.3 Å². The Bertz CT molecular complexity index is 654. The Morgan fingerprint density at radius 2 is 2.08 bits per heavy atom. The highest BCUT2D eigenvalue weighted by atomic mass is 35.5. The second-order valence-electron chi connectivity index (χ2n) is 6.82. The lowest BCUT2D eigenvalue weighted by atomic mass is 9.54. The van der Waals surface area contributed by atoms with E-state index in [1.54, 1.807) is 6.92 Å². The van der Waals surface area contributed by atoms with Gasteiger partial charge in [-0.1, -0.05) is 37.0 Å². The molecule has 1 saturated carbocycles. The maximum absolute atomic E-state index is 13.7. The Kier molecular flexibility index (Phi) is 5.50. The van der Waals surface area contributed by atoms with Crippen molar-refractivity contribution in [1.82, 2.24) is 5.32 Å². The van der Waals surface area contributed by atoms with Crippen LogP contribution in [0.5, 0.6) is 0 Å². The number of benzene rings is 1. The largest absolute Gasteiger partial charge is 0.378 e. The van der Waals surface area contributed by atoms with Crippen LogP contribution in [0, 0.1) is 11.2 Å². The number of hydrogen-bond acceptors (Lipinski definition) is 3. The van der Waals surface area contributed by atoms with Crippen LogP contribution in [0.25, 0.3) is 0 Å². The molecule has 7 heteroatoms. The number of hydrogen-bond donors (Lipinski definition) is 2. The molecular weight excluding hydrogens is 354 g/mol. The van der Waals surface area contributed by atoms with Crippen molar-refractivity contribution in [1.29, 1.82) is 0 Å². The van der Waals surface area contributed by atoms with Crippen molar-refractivity contribution < 1.29 is 13.9 Å². The lowest BCUT2D eigenvalue weighted by molar-refractivity contribution is -0.171. The lowest BCUT2D eigenvalue weighted by Gasteiger charge is -2.57. The average molecular weight is 377 g/mol. The number of carbonyl (C=O) groups is 1. The third kappa shape index (κ3) is 3.15. The van der Waals surface area contributed by atoms with Gasteiger partial charge in [0.2, 0.25) is 5.91 Å². The molecule has 4 nitrogen and oxygen atoms in total. The second kappa shape index (κ2) is 6.79. The summed E-state index contributed by atoms with van der Waals surface area (Å²) in [5, 5.41) is 3.06. The Labute approximate surface area is 151 Å². The van der Waals surface area contributed by atoms with E-state index in [4.69, 9.17) is 33.7 Å². The fraction of sp³-hybridized carbons (Fsp3) is 0.588. The van der Waals surface area contributed by atoms with Gasteiger partial charge in [0, 0.05) is 23.5 Å². The predicted molar refractivity (Wildman–Crippen MR) is 93.7 cm³/mol. The van der Waals surface area contributed by atoms with Gasteiger partial charge in [0.15, 0.2) is 0 Å². The van der Waals surface area contributed by atoms with E-state index in [1.165, 1.54) is 12.1 Å². The molecule has 0 spiro atoms. The van der Waals surface area contributed by atoms with Crippen LogP contribution >= 0.6 is 23.2 Å². The molecule has 3 unspecified atom stereocenters. The van der Waals surface area contributed by atoms with Gasteiger partial charge in [0.25, 0.3) is 0 Å². The van der Waals surface area contributed by atoms with Crippen molar-refractivity contribution in [2.45, 2.75) is 51.8 Å². The van der Waals surface area contributed by atoms with Gasteiger partial charge >= 0.3 is 0 Å². The first kappa shape index (κ1) is 19.4. The average Bonchev–Trinajstić information content (AvgIpc) is 2.50. The Morgan fingerprint density at radius 1 is 1.46 bits per heavy atom. The van der Waals surface area contributed by atoms with E-state index in [1.807, 2.05) is 20.8 Å². The maximum Gasteiger partial charge on any atom is 0.241 e. The zero-order valence-corrected chi connectivity index (χ0v) is 15.8. The van der Waals surface area contributed by atoms with Crippen molar-refractivity contribution in [2.24, 2.45) is 11.1 Å². The molecule has 134 valence electrons. The highest BCUT2D eigenvalue weighted by Gasteiger charge is 2.62. The standard InChI is InChI=1S/C17H23Cl2FN2O2/c1-5-24-14-8-17(21,16(14,3)4)15(23)22-9(2)10-6-13(20)12(19)7-11(10)18/h6-7,9,14H,5,8,21H2,1-4H3,(H,22,23). The SMILES string of the molecule is CCOC1CC(N)(C(=O)NC(C)c2cc(F)c(Cl)cc2Cl)C1(C)C. The lowest BCUT2D eigenvalue weighted by Crippen LogP contribution is -2.75. The van der Waals surface area contributed by atoms with Gasteiger partial charge in [-0.2, -0.15) is 0 Å². The summed E-state index contributed by atoms with van der Waals surface area (Å²) in [5.41, 5.74) is 5.25. The zero-order valence-electron chi connectivity index (χ0n) is 14.3. The first-order chi connectivity index (χ1) is 11.0. The minimum Gasteiger partial charge on any atom is -0.378 e. The summed E-state index contributed by atoms with van der Waals surface area (Å²) >= 11 is 11.8. The third-order valence-electron chi connectivity index (χ3n) is 5.09. The molecule has 1 amide bonds.